The third-order valence-corrected chi connectivity index (χ3v) is 2.75. The van der Waals surface area contributed by atoms with Crippen molar-refractivity contribution < 1.29 is 9.13 Å². The predicted molar refractivity (Wildman–Crippen MR) is 76.4 cm³/mol. The van der Waals surface area contributed by atoms with E-state index in [1.165, 1.54) is 18.2 Å². The van der Waals surface area contributed by atoms with Gasteiger partial charge in [0.15, 0.2) is 0 Å². The minimum atomic E-state index is -0.277. The van der Waals surface area contributed by atoms with Gasteiger partial charge in [-0.1, -0.05) is 24.3 Å². The molecule has 0 aliphatic heterocycles. The van der Waals surface area contributed by atoms with Crippen molar-refractivity contribution in [2.45, 2.75) is 6.61 Å². The lowest BCUT2D eigenvalue weighted by Crippen LogP contribution is -1.95. The highest BCUT2D eigenvalue weighted by atomic mass is 19.1. The maximum atomic E-state index is 12.8. The van der Waals surface area contributed by atoms with E-state index >= 15 is 0 Å². The maximum absolute atomic E-state index is 12.8. The van der Waals surface area contributed by atoms with Gasteiger partial charge in [-0.25, -0.2) is 4.39 Å². The van der Waals surface area contributed by atoms with Crippen LogP contribution >= 0.6 is 0 Å². The van der Waals surface area contributed by atoms with Crippen molar-refractivity contribution in [3.8, 4) is 17.9 Å². The lowest BCUT2D eigenvalue weighted by atomic mass is 10.1. The summed E-state index contributed by atoms with van der Waals surface area (Å²) < 4.78 is 18.3. The summed E-state index contributed by atoms with van der Waals surface area (Å²) in [6.07, 6.45) is 1.50. The van der Waals surface area contributed by atoms with Crippen LogP contribution in [0.5, 0.6) is 5.75 Å². The Morgan fingerprint density at radius 2 is 1.62 bits per heavy atom. The SMILES string of the molecule is N#CC(C#N)=Cc1ccc(OCc2ccc(F)cc2)cc1. The molecule has 0 aliphatic carbocycles. The zero-order valence-electron chi connectivity index (χ0n) is 11.1. The number of halogens is 1. The Morgan fingerprint density at radius 3 is 2.19 bits per heavy atom. The second-order valence-electron chi connectivity index (χ2n) is 4.27. The van der Waals surface area contributed by atoms with Gasteiger partial charge < -0.3 is 4.74 Å². The molecule has 0 N–H and O–H groups in total. The molecule has 0 unspecified atom stereocenters. The first-order chi connectivity index (χ1) is 10.2. The molecule has 0 aliphatic rings. The first-order valence-corrected chi connectivity index (χ1v) is 6.20. The summed E-state index contributed by atoms with van der Waals surface area (Å²) in [5.41, 5.74) is 1.67. The van der Waals surface area contributed by atoms with Crippen molar-refractivity contribution in [1.29, 1.82) is 10.5 Å². The maximum Gasteiger partial charge on any atom is 0.130 e. The van der Waals surface area contributed by atoms with Crippen LogP contribution in [0.25, 0.3) is 6.08 Å². The smallest absolute Gasteiger partial charge is 0.130 e. The fourth-order valence-electron chi connectivity index (χ4n) is 1.66. The summed E-state index contributed by atoms with van der Waals surface area (Å²) in [5.74, 6) is 0.382. The van der Waals surface area contributed by atoms with E-state index in [2.05, 4.69) is 0 Å². The molecule has 0 bridgehead atoms. The van der Waals surface area contributed by atoms with Crippen LogP contribution in [0.3, 0.4) is 0 Å². The fourth-order valence-corrected chi connectivity index (χ4v) is 1.66. The normalized spacial score (nSPS) is 9.29. The summed E-state index contributed by atoms with van der Waals surface area (Å²) in [6, 6.07) is 16.7. The minimum Gasteiger partial charge on any atom is -0.489 e. The molecule has 2 aromatic carbocycles. The summed E-state index contributed by atoms with van der Waals surface area (Å²) in [4.78, 5) is 0. The molecule has 0 saturated heterocycles. The van der Waals surface area contributed by atoms with Crippen molar-refractivity contribution in [3.05, 3.63) is 71.0 Å². The number of hydrogen-bond donors (Lipinski definition) is 0. The van der Waals surface area contributed by atoms with Gasteiger partial charge in [0, 0.05) is 0 Å². The third-order valence-electron chi connectivity index (χ3n) is 2.75. The molecular weight excluding hydrogens is 267 g/mol. The Balaban J connectivity index is 2.00. The topological polar surface area (TPSA) is 56.8 Å². The van der Waals surface area contributed by atoms with Gasteiger partial charge in [-0.05, 0) is 41.5 Å². The van der Waals surface area contributed by atoms with E-state index < -0.39 is 0 Å². The van der Waals surface area contributed by atoms with E-state index in [1.54, 1.807) is 48.5 Å². The summed E-state index contributed by atoms with van der Waals surface area (Å²) in [6.45, 7) is 0.344. The second-order valence-corrected chi connectivity index (χ2v) is 4.27. The highest BCUT2D eigenvalue weighted by molar-refractivity contribution is 5.62. The van der Waals surface area contributed by atoms with Gasteiger partial charge in [0.25, 0.3) is 0 Å². The van der Waals surface area contributed by atoms with Gasteiger partial charge in [-0.15, -0.1) is 0 Å². The summed E-state index contributed by atoms with van der Waals surface area (Å²) >= 11 is 0. The van der Waals surface area contributed by atoms with Gasteiger partial charge in [0.1, 0.15) is 35.9 Å². The Kier molecular flexibility index (Phi) is 4.69. The number of nitrogens with zero attached hydrogens (tertiary/aromatic N) is 2. The van der Waals surface area contributed by atoms with Crippen molar-refractivity contribution in [2.75, 3.05) is 0 Å². The molecule has 0 aromatic heterocycles. The average Bonchev–Trinajstić information content (AvgIpc) is 2.53. The Hall–Kier alpha value is -3.11. The molecule has 2 aromatic rings. The van der Waals surface area contributed by atoms with Gasteiger partial charge >= 0.3 is 0 Å². The van der Waals surface area contributed by atoms with Crippen molar-refractivity contribution >= 4 is 6.08 Å². The van der Waals surface area contributed by atoms with Crippen LogP contribution in [0.4, 0.5) is 4.39 Å². The lowest BCUT2D eigenvalue weighted by Gasteiger charge is -2.06. The molecule has 0 amide bonds. The van der Waals surface area contributed by atoms with E-state index in [0.717, 1.165) is 11.1 Å². The zero-order chi connectivity index (χ0) is 15.1. The Bertz CT molecular complexity index is 703. The van der Waals surface area contributed by atoms with Crippen LogP contribution in [0.2, 0.25) is 0 Å². The van der Waals surface area contributed by atoms with E-state index in [1.807, 2.05) is 0 Å². The van der Waals surface area contributed by atoms with Gasteiger partial charge in [0.05, 0.1) is 0 Å². The van der Waals surface area contributed by atoms with Gasteiger partial charge in [-0.3, -0.25) is 0 Å². The predicted octanol–water partition coefficient (Wildman–Crippen LogP) is 3.84. The number of ether oxygens (including phenoxy) is 1. The number of rotatable bonds is 4. The minimum absolute atomic E-state index is 0.0509. The third kappa shape index (κ3) is 4.19. The molecule has 102 valence electrons. The number of hydrogen-bond acceptors (Lipinski definition) is 3. The molecule has 0 radical (unpaired) electrons. The monoisotopic (exact) mass is 278 g/mol. The molecule has 2 rings (SSSR count). The largest absolute Gasteiger partial charge is 0.489 e. The summed E-state index contributed by atoms with van der Waals surface area (Å²) in [7, 11) is 0. The number of allylic oxidation sites excluding steroid dienone is 1. The fraction of sp³-hybridized carbons (Fsp3) is 0.0588. The molecular formula is C17H11FN2O. The highest BCUT2D eigenvalue weighted by Crippen LogP contribution is 2.16. The molecule has 4 heteroatoms. The van der Waals surface area contributed by atoms with Crippen LogP contribution in [0, 0.1) is 28.5 Å². The van der Waals surface area contributed by atoms with Crippen molar-refractivity contribution in [2.24, 2.45) is 0 Å². The van der Waals surface area contributed by atoms with Crippen LogP contribution in [-0.2, 0) is 6.61 Å². The summed E-state index contributed by atoms with van der Waals surface area (Å²) in [5, 5.41) is 17.4. The Labute approximate surface area is 122 Å². The molecule has 21 heavy (non-hydrogen) atoms. The van der Waals surface area contributed by atoms with E-state index in [9.17, 15) is 4.39 Å². The van der Waals surface area contributed by atoms with Crippen LogP contribution in [0.15, 0.2) is 54.1 Å². The van der Waals surface area contributed by atoms with Gasteiger partial charge in [0.2, 0.25) is 0 Å². The van der Waals surface area contributed by atoms with Crippen molar-refractivity contribution in [1.82, 2.24) is 0 Å². The molecule has 0 fully saturated rings. The molecule has 0 spiro atoms. The average molecular weight is 278 g/mol. The number of nitriles is 2. The van der Waals surface area contributed by atoms with Crippen LogP contribution in [0.1, 0.15) is 11.1 Å². The first kappa shape index (κ1) is 14.3. The zero-order valence-corrected chi connectivity index (χ0v) is 11.1. The quantitative estimate of drug-likeness (QED) is 0.798. The van der Waals surface area contributed by atoms with E-state index in [0.29, 0.717) is 12.4 Å². The number of benzene rings is 2. The van der Waals surface area contributed by atoms with E-state index in [4.69, 9.17) is 15.3 Å². The second kappa shape index (κ2) is 6.88. The first-order valence-electron chi connectivity index (χ1n) is 6.20. The molecule has 0 atom stereocenters. The molecule has 0 heterocycles. The van der Waals surface area contributed by atoms with E-state index in [-0.39, 0.29) is 11.4 Å². The standard InChI is InChI=1S/C17H11FN2O/c18-16-5-1-14(2-6-16)12-21-17-7-3-13(4-8-17)9-15(10-19)11-20/h1-9H,12H2. The molecule has 0 saturated carbocycles. The van der Waals surface area contributed by atoms with Crippen LogP contribution < -0.4 is 4.74 Å². The molecule has 3 nitrogen and oxygen atoms in total. The van der Waals surface area contributed by atoms with Crippen molar-refractivity contribution in [3.63, 3.8) is 0 Å². The highest BCUT2D eigenvalue weighted by Gasteiger charge is 1.98. The lowest BCUT2D eigenvalue weighted by molar-refractivity contribution is 0.306. The Morgan fingerprint density at radius 1 is 1.00 bits per heavy atom. The van der Waals surface area contributed by atoms with Crippen LogP contribution in [-0.4, -0.2) is 0 Å². The van der Waals surface area contributed by atoms with Gasteiger partial charge in [-0.2, -0.15) is 10.5 Å².